The van der Waals surface area contributed by atoms with E-state index >= 15 is 0 Å². The molecule has 0 atom stereocenters. The fraction of sp³-hybridized carbons (Fsp3) is 0.273. The van der Waals surface area contributed by atoms with E-state index in [0.717, 1.165) is 43.9 Å². The Balaban J connectivity index is 1.35. The molecule has 1 aromatic heterocycles. The fourth-order valence-electron chi connectivity index (χ4n) is 3.45. The summed E-state index contributed by atoms with van der Waals surface area (Å²) in [4.78, 5) is 21.2. The largest absolute Gasteiger partial charge is 0.368 e. The van der Waals surface area contributed by atoms with Crippen LogP contribution in [0.5, 0.6) is 0 Å². The van der Waals surface area contributed by atoms with Crippen molar-refractivity contribution >= 4 is 11.6 Å². The Morgan fingerprint density at radius 1 is 0.963 bits per heavy atom. The van der Waals surface area contributed by atoms with Crippen molar-refractivity contribution in [3.05, 3.63) is 83.9 Å². The van der Waals surface area contributed by atoms with Crippen LogP contribution >= 0.6 is 0 Å². The molecule has 0 bridgehead atoms. The number of hydrogen-bond donors (Lipinski definition) is 0. The quantitative estimate of drug-likeness (QED) is 0.717. The number of carbonyl (C=O) groups excluding carboxylic acids is 1. The van der Waals surface area contributed by atoms with Crippen molar-refractivity contribution in [3.8, 4) is 0 Å². The van der Waals surface area contributed by atoms with Crippen LogP contribution in [0.3, 0.4) is 0 Å². The standard InChI is InChI=1S/C22H24N4O/c1-18-2-8-21(9-3-18)25-12-14-26(15-13-25)22(27)20-6-4-19(5-7-20)16-24-11-10-23-17-24/h2-11,17H,12-16H2,1H3. The van der Waals surface area contributed by atoms with Crippen LogP contribution in [-0.4, -0.2) is 46.5 Å². The Kier molecular flexibility index (Phi) is 4.92. The molecule has 0 spiro atoms. The minimum Gasteiger partial charge on any atom is -0.368 e. The number of aryl methyl sites for hydroxylation is 1. The molecular formula is C22H24N4O. The van der Waals surface area contributed by atoms with Crippen LogP contribution in [0.4, 0.5) is 5.69 Å². The maximum absolute atomic E-state index is 12.8. The molecule has 1 saturated heterocycles. The number of carbonyl (C=O) groups is 1. The van der Waals surface area contributed by atoms with Crippen molar-refractivity contribution in [1.29, 1.82) is 0 Å². The predicted molar refractivity (Wildman–Crippen MR) is 107 cm³/mol. The number of nitrogens with zero attached hydrogens (tertiary/aromatic N) is 4. The molecular weight excluding hydrogens is 336 g/mol. The lowest BCUT2D eigenvalue weighted by Gasteiger charge is -2.36. The van der Waals surface area contributed by atoms with Crippen molar-refractivity contribution < 1.29 is 4.79 Å². The molecule has 138 valence electrons. The second-order valence-corrected chi connectivity index (χ2v) is 7.05. The summed E-state index contributed by atoms with van der Waals surface area (Å²) in [6, 6.07) is 16.5. The summed E-state index contributed by atoms with van der Waals surface area (Å²) in [5.41, 5.74) is 4.42. The van der Waals surface area contributed by atoms with Crippen molar-refractivity contribution in [3.63, 3.8) is 0 Å². The van der Waals surface area contributed by atoms with E-state index in [1.165, 1.54) is 11.3 Å². The third-order valence-electron chi connectivity index (χ3n) is 5.09. The van der Waals surface area contributed by atoms with Gasteiger partial charge in [0.15, 0.2) is 0 Å². The van der Waals surface area contributed by atoms with Gasteiger partial charge in [-0.15, -0.1) is 0 Å². The first-order valence-corrected chi connectivity index (χ1v) is 9.34. The first-order chi connectivity index (χ1) is 13.2. The van der Waals surface area contributed by atoms with E-state index in [4.69, 9.17) is 0 Å². The zero-order valence-electron chi connectivity index (χ0n) is 15.6. The molecule has 1 fully saturated rings. The van der Waals surface area contributed by atoms with E-state index < -0.39 is 0 Å². The average Bonchev–Trinajstić information content (AvgIpc) is 3.22. The van der Waals surface area contributed by atoms with Gasteiger partial charge in [0, 0.05) is 56.4 Å². The van der Waals surface area contributed by atoms with E-state index in [0.29, 0.717) is 0 Å². The Labute approximate surface area is 159 Å². The maximum Gasteiger partial charge on any atom is 0.253 e. The molecule has 0 N–H and O–H groups in total. The summed E-state index contributed by atoms with van der Waals surface area (Å²) in [7, 11) is 0. The Morgan fingerprint density at radius 3 is 2.30 bits per heavy atom. The van der Waals surface area contributed by atoms with Gasteiger partial charge in [0.2, 0.25) is 0 Å². The van der Waals surface area contributed by atoms with E-state index in [1.54, 1.807) is 12.5 Å². The summed E-state index contributed by atoms with van der Waals surface area (Å²) < 4.78 is 2.02. The van der Waals surface area contributed by atoms with Gasteiger partial charge in [-0.3, -0.25) is 4.79 Å². The number of imidazole rings is 1. The Hall–Kier alpha value is -3.08. The van der Waals surface area contributed by atoms with Gasteiger partial charge in [-0.1, -0.05) is 29.8 Å². The number of rotatable bonds is 4. The van der Waals surface area contributed by atoms with Gasteiger partial charge in [-0.25, -0.2) is 4.98 Å². The van der Waals surface area contributed by atoms with Gasteiger partial charge in [-0.2, -0.15) is 0 Å². The van der Waals surface area contributed by atoms with Gasteiger partial charge in [0.1, 0.15) is 0 Å². The number of amides is 1. The van der Waals surface area contributed by atoms with E-state index in [9.17, 15) is 4.79 Å². The van der Waals surface area contributed by atoms with Crippen LogP contribution in [0.1, 0.15) is 21.5 Å². The lowest BCUT2D eigenvalue weighted by atomic mass is 10.1. The fourth-order valence-corrected chi connectivity index (χ4v) is 3.45. The molecule has 5 heteroatoms. The van der Waals surface area contributed by atoms with Gasteiger partial charge >= 0.3 is 0 Å². The summed E-state index contributed by atoms with van der Waals surface area (Å²) >= 11 is 0. The molecule has 2 heterocycles. The molecule has 0 unspecified atom stereocenters. The average molecular weight is 360 g/mol. The maximum atomic E-state index is 12.8. The smallest absolute Gasteiger partial charge is 0.253 e. The van der Waals surface area contributed by atoms with Crippen LogP contribution in [0.25, 0.3) is 0 Å². The minimum absolute atomic E-state index is 0.118. The van der Waals surface area contributed by atoms with Gasteiger partial charge < -0.3 is 14.4 Å². The Morgan fingerprint density at radius 2 is 1.67 bits per heavy atom. The van der Waals surface area contributed by atoms with Gasteiger partial charge in [0.05, 0.1) is 6.33 Å². The molecule has 1 aliphatic rings. The lowest BCUT2D eigenvalue weighted by Crippen LogP contribution is -2.48. The van der Waals surface area contributed by atoms with Crippen molar-refractivity contribution in [2.75, 3.05) is 31.1 Å². The topological polar surface area (TPSA) is 41.4 Å². The molecule has 1 amide bonds. The SMILES string of the molecule is Cc1ccc(N2CCN(C(=O)c3ccc(Cn4ccnc4)cc3)CC2)cc1. The van der Waals surface area contributed by atoms with E-state index in [2.05, 4.69) is 41.1 Å². The summed E-state index contributed by atoms with van der Waals surface area (Å²) in [5, 5.41) is 0. The highest BCUT2D eigenvalue weighted by Gasteiger charge is 2.22. The van der Waals surface area contributed by atoms with Crippen molar-refractivity contribution in [2.45, 2.75) is 13.5 Å². The molecule has 0 radical (unpaired) electrons. The molecule has 0 aliphatic carbocycles. The van der Waals surface area contributed by atoms with Gasteiger partial charge in [-0.05, 0) is 36.8 Å². The number of anilines is 1. The molecule has 5 nitrogen and oxygen atoms in total. The van der Waals surface area contributed by atoms with Crippen LogP contribution in [0.15, 0.2) is 67.3 Å². The van der Waals surface area contributed by atoms with Crippen LogP contribution < -0.4 is 4.90 Å². The zero-order valence-corrected chi connectivity index (χ0v) is 15.6. The summed E-state index contributed by atoms with van der Waals surface area (Å²) in [5.74, 6) is 0.118. The molecule has 0 saturated carbocycles. The third-order valence-corrected chi connectivity index (χ3v) is 5.09. The summed E-state index contributed by atoms with van der Waals surface area (Å²) in [6.45, 7) is 6.11. The van der Waals surface area contributed by atoms with E-state index in [1.807, 2.05) is 39.9 Å². The zero-order chi connectivity index (χ0) is 18.6. The highest BCUT2D eigenvalue weighted by atomic mass is 16.2. The minimum atomic E-state index is 0.118. The van der Waals surface area contributed by atoms with Crippen molar-refractivity contribution in [2.24, 2.45) is 0 Å². The second-order valence-electron chi connectivity index (χ2n) is 7.05. The first-order valence-electron chi connectivity index (χ1n) is 9.34. The monoisotopic (exact) mass is 360 g/mol. The number of hydrogen-bond acceptors (Lipinski definition) is 3. The Bertz CT molecular complexity index is 877. The predicted octanol–water partition coefficient (Wildman–Crippen LogP) is 3.20. The summed E-state index contributed by atoms with van der Waals surface area (Å²) in [6.07, 6.45) is 5.51. The molecule has 2 aromatic carbocycles. The van der Waals surface area contributed by atoms with Crippen LogP contribution in [0, 0.1) is 6.92 Å². The first kappa shape index (κ1) is 17.3. The number of benzene rings is 2. The normalized spacial score (nSPS) is 14.4. The van der Waals surface area contributed by atoms with Gasteiger partial charge in [0.25, 0.3) is 5.91 Å². The molecule has 1 aliphatic heterocycles. The lowest BCUT2D eigenvalue weighted by molar-refractivity contribution is 0.0747. The molecule has 3 aromatic rings. The van der Waals surface area contributed by atoms with Crippen LogP contribution in [-0.2, 0) is 6.54 Å². The van der Waals surface area contributed by atoms with Crippen molar-refractivity contribution in [1.82, 2.24) is 14.5 Å². The van der Waals surface area contributed by atoms with E-state index in [-0.39, 0.29) is 5.91 Å². The molecule has 4 rings (SSSR count). The van der Waals surface area contributed by atoms with Crippen LogP contribution in [0.2, 0.25) is 0 Å². The third kappa shape index (κ3) is 4.03. The molecule has 27 heavy (non-hydrogen) atoms. The second kappa shape index (κ2) is 7.66. The highest BCUT2D eigenvalue weighted by molar-refractivity contribution is 5.94. The number of piperazine rings is 1. The number of aromatic nitrogens is 2. The highest BCUT2D eigenvalue weighted by Crippen LogP contribution is 2.18.